The van der Waals surface area contributed by atoms with Crippen LogP contribution in [-0.2, 0) is 11.3 Å². The Morgan fingerprint density at radius 1 is 1.09 bits per heavy atom. The van der Waals surface area contributed by atoms with Crippen molar-refractivity contribution < 1.29 is 14.3 Å². The zero-order valence-electron chi connectivity index (χ0n) is 13.8. The molecular formula is C19H23NO3. The van der Waals surface area contributed by atoms with Gasteiger partial charge in [0.25, 0.3) is 5.91 Å². The fourth-order valence-corrected chi connectivity index (χ4v) is 2.20. The van der Waals surface area contributed by atoms with E-state index in [1.807, 2.05) is 56.3 Å². The van der Waals surface area contributed by atoms with Crippen LogP contribution in [-0.4, -0.2) is 19.1 Å². The second kappa shape index (κ2) is 8.22. The van der Waals surface area contributed by atoms with Crippen LogP contribution in [0.15, 0.2) is 48.5 Å². The highest BCUT2D eigenvalue weighted by Crippen LogP contribution is 2.27. The molecule has 4 nitrogen and oxygen atoms in total. The summed E-state index contributed by atoms with van der Waals surface area (Å²) in [5.41, 5.74) is 2.27. The van der Waals surface area contributed by atoms with Crippen LogP contribution in [0.3, 0.4) is 0 Å². The highest BCUT2D eigenvalue weighted by Gasteiger charge is 2.19. The summed E-state index contributed by atoms with van der Waals surface area (Å²) < 4.78 is 11.1. The van der Waals surface area contributed by atoms with E-state index >= 15 is 0 Å². The van der Waals surface area contributed by atoms with E-state index in [0.717, 1.165) is 5.56 Å². The Morgan fingerprint density at radius 3 is 2.35 bits per heavy atom. The van der Waals surface area contributed by atoms with Crippen molar-refractivity contribution in [3.63, 3.8) is 0 Å². The zero-order valence-corrected chi connectivity index (χ0v) is 13.8. The minimum absolute atomic E-state index is 0.126. The molecule has 0 unspecified atom stereocenters. The van der Waals surface area contributed by atoms with Gasteiger partial charge in [0.2, 0.25) is 0 Å². The summed E-state index contributed by atoms with van der Waals surface area (Å²) in [6.45, 7) is 4.45. The van der Waals surface area contributed by atoms with Crippen LogP contribution in [0.5, 0.6) is 11.5 Å². The van der Waals surface area contributed by atoms with Crippen molar-refractivity contribution in [1.29, 1.82) is 0 Å². The molecule has 0 heterocycles. The van der Waals surface area contributed by atoms with E-state index in [2.05, 4.69) is 5.32 Å². The van der Waals surface area contributed by atoms with Gasteiger partial charge in [0.15, 0.2) is 17.6 Å². The fraction of sp³-hybridized carbons (Fsp3) is 0.316. The third kappa shape index (κ3) is 4.74. The number of aryl methyl sites for hydroxylation is 1. The van der Waals surface area contributed by atoms with Crippen LogP contribution in [0.2, 0.25) is 0 Å². The molecule has 0 radical (unpaired) electrons. The van der Waals surface area contributed by atoms with Crippen molar-refractivity contribution in [2.75, 3.05) is 7.11 Å². The first-order chi connectivity index (χ1) is 11.1. The molecule has 1 amide bonds. The number of carbonyl (C=O) groups is 1. The maximum atomic E-state index is 12.3. The predicted molar refractivity (Wildman–Crippen MR) is 90.7 cm³/mol. The molecule has 2 rings (SSSR count). The van der Waals surface area contributed by atoms with Gasteiger partial charge in [-0.1, -0.05) is 48.9 Å². The highest BCUT2D eigenvalue weighted by molar-refractivity contribution is 5.81. The van der Waals surface area contributed by atoms with Crippen molar-refractivity contribution in [3.8, 4) is 11.5 Å². The quantitative estimate of drug-likeness (QED) is 0.851. The van der Waals surface area contributed by atoms with Crippen molar-refractivity contribution in [3.05, 3.63) is 59.7 Å². The molecule has 4 heteroatoms. The zero-order chi connectivity index (χ0) is 16.7. The van der Waals surface area contributed by atoms with Crippen LogP contribution < -0.4 is 14.8 Å². The molecule has 0 saturated heterocycles. The average molecular weight is 313 g/mol. The van der Waals surface area contributed by atoms with Gasteiger partial charge in [0, 0.05) is 6.54 Å². The minimum atomic E-state index is -0.545. The number of ether oxygens (including phenoxy) is 2. The monoisotopic (exact) mass is 313 g/mol. The molecule has 0 saturated carbocycles. The summed E-state index contributed by atoms with van der Waals surface area (Å²) in [5, 5.41) is 2.92. The number of rotatable bonds is 7. The summed E-state index contributed by atoms with van der Waals surface area (Å²) in [4.78, 5) is 12.3. The maximum absolute atomic E-state index is 12.3. The highest BCUT2D eigenvalue weighted by atomic mass is 16.5. The molecule has 0 aromatic heterocycles. The SMILES string of the molecule is CC[C@H](Oc1ccccc1OC)C(=O)NCc1ccc(C)cc1. The third-order valence-electron chi connectivity index (χ3n) is 3.59. The number of hydrogen-bond donors (Lipinski definition) is 1. The van der Waals surface area contributed by atoms with Crippen molar-refractivity contribution >= 4 is 5.91 Å². The largest absolute Gasteiger partial charge is 0.493 e. The van der Waals surface area contributed by atoms with Gasteiger partial charge < -0.3 is 14.8 Å². The van der Waals surface area contributed by atoms with Gasteiger partial charge in [-0.15, -0.1) is 0 Å². The molecule has 2 aromatic carbocycles. The second-order valence-corrected chi connectivity index (χ2v) is 5.37. The molecule has 0 aliphatic heterocycles. The van der Waals surface area contributed by atoms with E-state index in [-0.39, 0.29) is 5.91 Å². The van der Waals surface area contributed by atoms with Gasteiger partial charge in [-0.2, -0.15) is 0 Å². The number of carbonyl (C=O) groups excluding carboxylic acids is 1. The number of hydrogen-bond acceptors (Lipinski definition) is 3. The fourth-order valence-electron chi connectivity index (χ4n) is 2.20. The van der Waals surface area contributed by atoms with Crippen molar-refractivity contribution in [2.45, 2.75) is 32.9 Å². The molecule has 0 bridgehead atoms. The topological polar surface area (TPSA) is 47.6 Å². The summed E-state index contributed by atoms with van der Waals surface area (Å²) in [6, 6.07) is 15.4. The van der Waals surface area contributed by atoms with Crippen LogP contribution in [0.25, 0.3) is 0 Å². The predicted octanol–water partition coefficient (Wildman–Crippen LogP) is 3.48. The van der Waals surface area contributed by atoms with Crippen LogP contribution >= 0.6 is 0 Å². The maximum Gasteiger partial charge on any atom is 0.261 e. The molecule has 1 atom stereocenters. The lowest BCUT2D eigenvalue weighted by Crippen LogP contribution is -2.37. The Hall–Kier alpha value is -2.49. The summed E-state index contributed by atoms with van der Waals surface area (Å²) in [7, 11) is 1.58. The van der Waals surface area contributed by atoms with Gasteiger partial charge >= 0.3 is 0 Å². The molecule has 2 aromatic rings. The lowest BCUT2D eigenvalue weighted by Gasteiger charge is -2.18. The van der Waals surface area contributed by atoms with Crippen LogP contribution in [0.4, 0.5) is 0 Å². The van der Waals surface area contributed by atoms with Gasteiger partial charge in [0.1, 0.15) is 0 Å². The van der Waals surface area contributed by atoms with E-state index in [0.29, 0.717) is 24.5 Å². The number of para-hydroxylation sites is 2. The van der Waals surface area contributed by atoms with E-state index in [4.69, 9.17) is 9.47 Å². The van der Waals surface area contributed by atoms with E-state index < -0.39 is 6.10 Å². The molecule has 23 heavy (non-hydrogen) atoms. The van der Waals surface area contributed by atoms with E-state index in [9.17, 15) is 4.79 Å². The average Bonchev–Trinajstić information content (AvgIpc) is 2.59. The van der Waals surface area contributed by atoms with Crippen LogP contribution in [0.1, 0.15) is 24.5 Å². The molecule has 0 aliphatic carbocycles. The summed E-state index contributed by atoms with van der Waals surface area (Å²) in [5.74, 6) is 1.07. The van der Waals surface area contributed by atoms with Gasteiger partial charge in [-0.05, 0) is 31.0 Å². The molecule has 0 fully saturated rings. The molecule has 0 aliphatic rings. The standard InChI is InChI=1S/C19H23NO3/c1-4-16(23-18-8-6-5-7-17(18)22-3)19(21)20-13-15-11-9-14(2)10-12-15/h5-12,16H,4,13H2,1-3H3,(H,20,21)/t16-/m0/s1. The molecule has 0 spiro atoms. The number of benzene rings is 2. The molecule has 1 N–H and O–H groups in total. The first-order valence-corrected chi connectivity index (χ1v) is 7.77. The lowest BCUT2D eigenvalue weighted by molar-refractivity contribution is -0.128. The smallest absolute Gasteiger partial charge is 0.261 e. The normalized spacial score (nSPS) is 11.6. The first kappa shape index (κ1) is 16.9. The summed E-state index contributed by atoms with van der Waals surface area (Å²) >= 11 is 0. The Bertz CT molecular complexity index is 637. The van der Waals surface area contributed by atoms with Gasteiger partial charge in [-0.3, -0.25) is 4.79 Å². The first-order valence-electron chi connectivity index (χ1n) is 7.77. The van der Waals surface area contributed by atoms with E-state index in [1.54, 1.807) is 13.2 Å². The summed E-state index contributed by atoms with van der Waals surface area (Å²) in [6.07, 6.45) is 0.0365. The Labute approximate surface area is 137 Å². The Morgan fingerprint density at radius 2 is 1.74 bits per heavy atom. The van der Waals surface area contributed by atoms with Crippen LogP contribution in [0, 0.1) is 6.92 Å². The number of amides is 1. The third-order valence-corrected chi connectivity index (χ3v) is 3.59. The van der Waals surface area contributed by atoms with Crippen molar-refractivity contribution in [1.82, 2.24) is 5.32 Å². The lowest BCUT2D eigenvalue weighted by atomic mass is 10.1. The molecular weight excluding hydrogens is 290 g/mol. The van der Waals surface area contributed by atoms with Crippen molar-refractivity contribution in [2.24, 2.45) is 0 Å². The van der Waals surface area contributed by atoms with Gasteiger partial charge in [0.05, 0.1) is 7.11 Å². The number of methoxy groups -OCH3 is 1. The Kier molecular flexibility index (Phi) is 6.03. The number of nitrogens with one attached hydrogen (secondary N) is 1. The Balaban J connectivity index is 1.96. The molecule has 122 valence electrons. The minimum Gasteiger partial charge on any atom is -0.493 e. The second-order valence-electron chi connectivity index (χ2n) is 5.37. The van der Waals surface area contributed by atoms with E-state index in [1.165, 1.54) is 5.56 Å². The van der Waals surface area contributed by atoms with Gasteiger partial charge in [-0.25, -0.2) is 0 Å².